The van der Waals surface area contributed by atoms with Gasteiger partial charge >= 0.3 is 5.97 Å². The maximum Gasteiger partial charge on any atom is 0.306 e. The van der Waals surface area contributed by atoms with Crippen molar-refractivity contribution in [2.75, 3.05) is 13.2 Å². The lowest BCUT2D eigenvalue weighted by Gasteiger charge is -2.17. The largest absolute Gasteiger partial charge is 0.457 e. The molecule has 0 heterocycles. The van der Waals surface area contributed by atoms with Gasteiger partial charge in [-0.15, -0.1) is 0 Å². The van der Waals surface area contributed by atoms with Gasteiger partial charge in [0.2, 0.25) is 6.54 Å². The molecule has 1 aromatic carbocycles. The Bertz CT molecular complexity index is 802. The first-order valence-electron chi connectivity index (χ1n) is 9.80. The minimum Gasteiger partial charge on any atom is -0.457 e. The number of hydrogen-bond acceptors (Lipinski definition) is 6. The number of rotatable bonds is 7. The number of aryl methyl sites for hydroxylation is 2. The summed E-state index contributed by atoms with van der Waals surface area (Å²) in [4.78, 5) is 47.0. The van der Waals surface area contributed by atoms with Crippen LogP contribution in [0.2, 0.25) is 0 Å². The van der Waals surface area contributed by atoms with Gasteiger partial charge in [-0.05, 0) is 48.8 Å². The highest BCUT2D eigenvalue weighted by Gasteiger charge is 2.44. The van der Waals surface area contributed by atoms with E-state index in [2.05, 4.69) is 0 Å². The molecule has 0 amide bonds. The number of fused-ring (bicyclic) bond motifs is 1. The molecule has 3 rings (SSSR count). The van der Waals surface area contributed by atoms with Crippen molar-refractivity contribution >= 4 is 17.5 Å². The number of carbonyl (C=O) groups is 3. The smallest absolute Gasteiger partial charge is 0.306 e. The summed E-state index contributed by atoms with van der Waals surface area (Å²) in [5.74, 6) is -2.38. The van der Waals surface area contributed by atoms with Crippen molar-refractivity contribution in [1.82, 2.24) is 0 Å². The van der Waals surface area contributed by atoms with Crippen molar-refractivity contribution in [3.05, 3.63) is 45.0 Å². The molecule has 150 valence electrons. The Morgan fingerprint density at radius 3 is 2.64 bits per heavy atom. The van der Waals surface area contributed by atoms with Gasteiger partial charge in [-0.1, -0.05) is 19.1 Å². The van der Waals surface area contributed by atoms with E-state index in [4.69, 9.17) is 4.74 Å². The Labute approximate surface area is 163 Å². The molecule has 0 radical (unpaired) electrons. The van der Waals surface area contributed by atoms with Crippen LogP contribution in [0, 0.1) is 27.9 Å². The standard InChI is InChI=1S/C21H25NO6/c1-13-8-19(23)17(18(13)11-22(26)27)10-21(25)28-12-20(24)16-7-6-14-4-2-3-5-15(14)9-16/h6-7,9,13,17-18H,2-5,8,10-12H2,1H3/t13-,17-,18+/m0/s1. The molecule has 1 fully saturated rings. The van der Waals surface area contributed by atoms with E-state index in [0.717, 1.165) is 25.7 Å². The lowest BCUT2D eigenvalue weighted by atomic mass is 9.88. The van der Waals surface area contributed by atoms with Crippen LogP contribution in [0.15, 0.2) is 18.2 Å². The minimum absolute atomic E-state index is 0.132. The van der Waals surface area contributed by atoms with Crippen LogP contribution in [0.4, 0.5) is 0 Å². The summed E-state index contributed by atoms with van der Waals surface area (Å²) in [6.45, 7) is 1.07. The van der Waals surface area contributed by atoms with Crippen molar-refractivity contribution in [3.8, 4) is 0 Å². The number of benzene rings is 1. The minimum atomic E-state index is -0.702. The third kappa shape index (κ3) is 4.64. The van der Waals surface area contributed by atoms with Crippen molar-refractivity contribution in [1.29, 1.82) is 0 Å². The molecule has 0 aromatic heterocycles. The average molecular weight is 387 g/mol. The Kier molecular flexibility index (Phi) is 6.21. The molecule has 0 spiro atoms. The van der Waals surface area contributed by atoms with Crippen molar-refractivity contribution < 1.29 is 24.0 Å². The van der Waals surface area contributed by atoms with Gasteiger partial charge in [0, 0.05) is 28.7 Å². The second-order valence-electron chi connectivity index (χ2n) is 7.91. The van der Waals surface area contributed by atoms with Gasteiger partial charge in [0.25, 0.3) is 0 Å². The third-order valence-electron chi connectivity index (χ3n) is 5.97. The predicted octanol–water partition coefficient (Wildman–Crippen LogP) is 2.80. The van der Waals surface area contributed by atoms with Crippen LogP contribution < -0.4 is 0 Å². The van der Waals surface area contributed by atoms with Gasteiger partial charge in [-0.25, -0.2) is 0 Å². The number of hydrogen-bond donors (Lipinski definition) is 0. The Morgan fingerprint density at radius 1 is 1.21 bits per heavy atom. The zero-order valence-electron chi connectivity index (χ0n) is 16.0. The van der Waals surface area contributed by atoms with Crippen LogP contribution in [-0.4, -0.2) is 35.6 Å². The van der Waals surface area contributed by atoms with E-state index in [-0.39, 0.29) is 43.5 Å². The fraction of sp³-hybridized carbons (Fsp3) is 0.571. The number of nitro groups is 1. The lowest BCUT2D eigenvalue weighted by Crippen LogP contribution is -2.28. The lowest BCUT2D eigenvalue weighted by molar-refractivity contribution is -0.490. The van der Waals surface area contributed by atoms with Gasteiger partial charge in [0.1, 0.15) is 5.78 Å². The summed E-state index contributed by atoms with van der Waals surface area (Å²) in [6.07, 6.45) is 4.28. The highest BCUT2D eigenvalue weighted by Crippen LogP contribution is 2.36. The fourth-order valence-corrected chi connectivity index (χ4v) is 4.37. The number of Topliss-reactive ketones (excluding diaryl/α,β-unsaturated/α-hetero) is 2. The number of carbonyl (C=O) groups excluding carboxylic acids is 3. The molecule has 0 saturated heterocycles. The first-order chi connectivity index (χ1) is 13.3. The molecular weight excluding hydrogens is 362 g/mol. The summed E-state index contributed by atoms with van der Waals surface area (Å²) in [5.41, 5.74) is 2.97. The molecule has 7 heteroatoms. The normalized spacial score (nSPS) is 23.9. The maximum atomic E-state index is 12.4. The van der Waals surface area contributed by atoms with Crippen LogP contribution in [-0.2, 0) is 27.2 Å². The van der Waals surface area contributed by atoms with E-state index < -0.39 is 22.7 Å². The quantitative estimate of drug-likeness (QED) is 0.308. The average Bonchev–Trinajstić information content (AvgIpc) is 2.92. The Balaban J connectivity index is 1.55. The van der Waals surface area contributed by atoms with Gasteiger partial charge < -0.3 is 4.74 Å². The molecule has 0 unspecified atom stereocenters. The number of esters is 1. The summed E-state index contributed by atoms with van der Waals surface area (Å²) in [5, 5.41) is 10.8. The predicted molar refractivity (Wildman–Crippen MR) is 101 cm³/mol. The fourth-order valence-electron chi connectivity index (χ4n) is 4.37. The van der Waals surface area contributed by atoms with Crippen molar-refractivity contribution in [2.24, 2.45) is 17.8 Å². The van der Waals surface area contributed by atoms with Gasteiger partial charge in [0.15, 0.2) is 12.4 Å². The molecule has 0 N–H and O–H groups in total. The molecular formula is C21H25NO6. The molecule has 0 bridgehead atoms. The third-order valence-corrected chi connectivity index (χ3v) is 5.97. The summed E-state index contributed by atoms with van der Waals surface area (Å²) in [6, 6.07) is 5.60. The zero-order chi connectivity index (χ0) is 20.3. The van der Waals surface area contributed by atoms with E-state index in [1.54, 1.807) is 13.0 Å². The van der Waals surface area contributed by atoms with E-state index in [0.29, 0.717) is 5.56 Å². The van der Waals surface area contributed by atoms with Crippen LogP contribution in [0.1, 0.15) is 54.1 Å². The summed E-state index contributed by atoms with van der Waals surface area (Å²) in [7, 11) is 0. The zero-order valence-corrected chi connectivity index (χ0v) is 16.0. The Hall–Kier alpha value is -2.57. The molecule has 2 aliphatic carbocycles. The first kappa shape index (κ1) is 20.2. The molecule has 1 saturated carbocycles. The summed E-state index contributed by atoms with van der Waals surface area (Å²) >= 11 is 0. The van der Waals surface area contributed by atoms with E-state index in [1.165, 1.54) is 11.1 Å². The van der Waals surface area contributed by atoms with Crippen LogP contribution >= 0.6 is 0 Å². The maximum absolute atomic E-state index is 12.4. The molecule has 1 aromatic rings. The van der Waals surface area contributed by atoms with Gasteiger partial charge in [0.05, 0.1) is 6.42 Å². The molecule has 0 aliphatic heterocycles. The monoisotopic (exact) mass is 387 g/mol. The SMILES string of the molecule is C[C@H]1CC(=O)[C@@H](CC(=O)OCC(=O)c2ccc3c(c2)CCCC3)[C@@H]1C[N+](=O)[O-]. The van der Waals surface area contributed by atoms with E-state index in [9.17, 15) is 24.5 Å². The number of ether oxygens (including phenoxy) is 1. The van der Waals surface area contributed by atoms with Gasteiger partial charge in [-0.2, -0.15) is 0 Å². The van der Waals surface area contributed by atoms with Crippen LogP contribution in [0.3, 0.4) is 0 Å². The molecule has 3 atom stereocenters. The highest BCUT2D eigenvalue weighted by atomic mass is 16.6. The van der Waals surface area contributed by atoms with Gasteiger partial charge in [-0.3, -0.25) is 24.5 Å². The molecule has 7 nitrogen and oxygen atoms in total. The highest BCUT2D eigenvalue weighted by molar-refractivity contribution is 5.98. The van der Waals surface area contributed by atoms with E-state index in [1.807, 2.05) is 12.1 Å². The van der Waals surface area contributed by atoms with Crippen LogP contribution in [0.25, 0.3) is 0 Å². The first-order valence-corrected chi connectivity index (χ1v) is 9.80. The second-order valence-corrected chi connectivity index (χ2v) is 7.91. The number of nitrogens with zero attached hydrogens (tertiary/aromatic N) is 1. The number of ketones is 2. The topological polar surface area (TPSA) is 104 Å². The molecule has 2 aliphatic rings. The molecule has 28 heavy (non-hydrogen) atoms. The summed E-state index contributed by atoms with van der Waals surface area (Å²) < 4.78 is 5.09. The Morgan fingerprint density at radius 2 is 1.93 bits per heavy atom. The second kappa shape index (κ2) is 8.63. The van der Waals surface area contributed by atoms with E-state index >= 15 is 0 Å². The van der Waals surface area contributed by atoms with Crippen molar-refractivity contribution in [2.45, 2.75) is 45.4 Å². The van der Waals surface area contributed by atoms with Crippen molar-refractivity contribution in [3.63, 3.8) is 0 Å². The van der Waals surface area contributed by atoms with Crippen LogP contribution in [0.5, 0.6) is 0 Å².